The zero-order valence-electron chi connectivity index (χ0n) is 26.3. The number of methoxy groups -OCH3 is 1. The molecular weight excluding hydrogens is 556 g/mol. The molecule has 232 valence electrons. The largest absolute Gasteiger partial charge is 0.494 e. The maximum atomic E-state index is 14.1. The molecule has 0 aliphatic heterocycles. The molecule has 0 radical (unpaired) electrons. The second kappa shape index (κ2) is 15.3. The molecule has 44 heavy (non-hydrogen) atoms. The van der Waals surface area contributed by atoms with Crippen molar-refractivity contribution in [2.24, 2.45) is 0 Å². The second-order valence-electron chi connectivity index (χ2n) is 10.9. The van der Waals surface area contributed by atoms with Crippen molar-refractivity contribution in [3.63, 3.8) is 0 Å². The maximum absolute atomic E-state index is 14.1. The van der Waals surface area contributed by atoms with Gasteiger partial charge in [0.2, 0.25) is 12.1 Å². The van der Waals surface area contributed by atoms with Crippen LogP contribution in [-0.2, 0) is 30.5 Å². The van der Waals surface area contributed by atoms with E-state index in [9.17, 15) is 14.7 Å². The number of hydrogen-bond acceptors (Lipinski definition) is 7. The summed E-state index contributed by atoms with van der Waals surface area (Å²) in [4.78, 5) is 40.1. The van der Waals surface area contributed by atoms with Gasteiger partial charge in [-0.2, -0.15) is 0 Å². The average molecular weight is 599 g/mol. The Morgan fingerprint density at radius 2 is 1.59 bits per heavy atom. The minimum atomic E-state index is -1.13. The Bertz CT molecular complexity index is 1590. The first-order chi connectivity index (χ1) is 21.3. The lowest BCUT2D eigenvalue weighted by atomic mass is 9.94. The van der Waals surface area contributed by atoms with Gasteiger partial charge in [-0.15, -0.1) is 0 Å². The number of unbranched alkanes of at least 4 members (excludes halogenated alkanes) is 1. The second-order valence-corrected chi connectivity index (χ2v) is 10.9. The molecule has 0 aliphatic rings. The molecule has 1 N–H and O–H groups in total. The third-order valence-electron chi connectivity index (χ3n) is 7.53. The van der Waals surface area contributed by atoms with E-state index in [2.05, 4.69) is 42.9 Å². The minimum Gasteiger partial charge on any atom is -0.494 e. The number of carbonyl (C=O) groups is 1. The molecule has 4 rings (SSSR count). The Morgan fingerprint density at radius 1 is 0.955 bits per heavy atom. The van der Waals surface area contributed by atoms with E-state index in [4.69, 9.17) is 14.5 Å². The molecule has 2 heterocycles. The van der Waals surface area contributed by atoms with Crippen molar-refractivity contribution in [1.82, 2.24) is 19.5 Å². The van der Waals surface area contributed by atoms with Crippen LogP contribution >= 0.6 is 0 Å². The first-order valence-electron chi connectivity index (χ1n) is 15.4. The number of aryl methyl sites for hydroxylation is 4. The number of aromatic nitrogens is 4. The minimum absolute atomic E-state index is 0.196. The van der Waals surface area contributed by atoms with Crippen molar-refractivity contribution in [2.45, 2.75) is 85.2 Å². The number of carboxylic acids is 1. The molecule has 9 heteroatoms. The molecule has 9 nitrogen and oxygen atoms in total. The van der Waals surface area contributed by atoms with Crippen LogP contribution in [-0.4, -0.2) is 37.7 Å². The Kier molecular flexibility index (Phi) is 11.2. The summed E-state index contributed by atoms with van der Waals surface area (Å²) < 4.78 is 13.0. The van der Waals surface area contributed by atoms with Gasteiger partial charge in [0.05, 0.1) is 25.2 Å². The Labute approximate surface area is 259 Å². The van der Waals surface area contributed by atoms with Crippen LogP contribution in [0.25, 0.3) is 5.95 Å². The van der Waals surface area contributed by atoms with Crippen molar-refractivity contribution in [3.8, 4) is 17.4 Å². The quantitative estimate of drug-likeness (QED) is 0.168. The highest BCUT2D eigenvalue weighted by Crippen LogP contribution is 2.34. The van der Waals surface area contributed by atoms with E-state index in [0.29, 0.717) is 54.1 Å². The van der Waals surface area contributed by atoms with Gasteiger partial charge in [0.15, 0.2) is 5.75 Å². The van der Waals surface area contributed by atoms with Crippen LogP contribution < -0.4 is 15.0 Å². The molecule has 0 saturated heterocycles. The van der Waals surface area contributed by atoms with Crippen LogP contribution in [0.2, 0.25) is 0 Å². The monoisotopic (exact) mass is 598 g/mol. The molecule has 0 bridgehead atoms. The van der Waals surface area contributed by atoms with E-state index in [1.54, 1.807) is 19.1 Å². The normalized spacial score (nSPS) is 11.8. The lowest BCUT2D eigenvalue weighted by molar-refractivity contribution is -0.145. The van der Waals surface area contributed by atoms with Gasteiger partial charge in [-0.05, 0) is 49.3 Å². The molecule has 2 aromatic heterocycles. The van der Waals surface area contributed by atoms with Crippen LogP contribution in [0.5, 0.6) is 11.5 Å². The molecule has 0 spiro atoms. The summed E-state index contributed by atoms with van der Waals surface area (Å²) in [5.41, 5.74) is 4.60. The van der Waals surface area contributed by atoms with Gasteiger partial charge in [-0.3, -0.25) is 4.79 Å². The van der Waals surface area contributed by atoms with Crippen molar-refractivity contribution in [1.29, 1.82) is 0 Å². The van der Waals surface area contributed by atoms with Crippen LogP contribution in [0.15, 0.2) is 59.7 Å². The zero-order valence-corrected chi connectivity index (χ0v) is 26.3. The number of carboxylic acid groups (broad SMARTS) is 1. The van der Waals surface area contributed by atoms with E-state index < -0.39 is 12.1 Å². The summed E-state index contributed by atoms with van der Waals surface area (Å²) in [5, 5.41) is 10.1. The molecule has 0 fully saturated rings. The smallest absolute Gasteiger partial charge is 0.349 e. The summed E-state index contributed by atoms with van der Waals surface area (Å²) >= 11 is 0. The first-order valence-corrected chi connectivity index (χ1v) is 15.4. The van der Waals surface area contributed by atoms with E-state index in [1.165, 1.54) is 24.1 Å². The van der Waals surface area contributed by atoms with Gasteiger partial charge in [0, 0.05) is 17.5 Å². The summed E-state index contributed by atoms with van der Waals surface area (Å²) in [6, 6.07) is 13.1. The fourth-order valence-corrected chi connectivity index (χ4v) is 5.41. The lowest BCUT2D eigenvalue weighted by Crippen LogP contribution is -2.29. The SMILES string of the molecule is CCCCc1nc(C)n(-c2ncc(OC)cn2)c(=O)c1Cc1cc(CCC)c(OC(C(=O)O)c2ccccc2)c(CCC)c1. The third kappa shape index (κ3) is 7.51. The molecule has 2 aromatic carbocycles. The molecule has 4 aromatic rings. The predicted molar refractivity (Wildman–Crippen MR) is 170 cm³/mol. The number of benzene rings is 2. The van der Waals surface area contributed by atoms with E-state index >= 15 is 0 Å². The number of ether oxygens (including phenoxy) is 2. The van der Waals surface area contributed by atoms with Gasteiger partial charge in [-0.1, -0.05) is 82.5 Å². The maximum Gasteiger partial charge on any atom is 0.349 e. The fourth-order valence-electron chi connectivity index (χ4n) is 5.41. The van der Waals surface area contributed by atoms with Gasteiger partial charge >= 0.3 is 5.97 Å². The fraction of sp³-hybridized carbons (Fsp3) is 0.400. The van der Waals surface area contributed by atoms with Gasteiger partial charge in [0.1, 0.15) is 11.6 Å². The van der Waals surface area contributed by atoms with Crippen LogP contribution in [0.4, 0.5) is 0 Å². The van der Waals surface area contributed by atoms with E-state index in [1.807, 2.05) is 18.2 Å². The number of rotatable bonds is 15. The Balaban J connectivity index is 1.83. The summed E-state index contributed by atoms with van der Waals surface area (Å²) in [7, 11) is 1.54. The van der Waals surface area contributed by atoms with Crippen molar-refractivity contribution < 1.29 is 19.4 Å². The van der Waals surface area contributed by atoms with E-state index in [0.717, 1.165) is 48.1 Å². The highest BCUT2D eigenvalue weighted by atomic mass is 16.5. The molecular formula is C35H42N4O5. The zero-order chi connectivity index (χ0) is 31.6. The van der Waals surface area contributed by atoms with Gasteiger partial charge in [-0.25, -0.2) is 24.3 Å². The number of nitrogens with zero attached hydrogens (tertiary/aromatic N) is 4. The Morgan fingerprint density at radius 3 is 2.14 bits per heavy atom. The van der Waals surface area contributed by atoms with E-state index in [-0.39, 0.29) is 11.5 Å². The lowest BCUT2D eigenvalue weighted by Gasteiger charge is -2.22. The Hall–Kier alpha value is -4.53. The molecule has 1 unspecified atom stereocenters. The molecule has 0 saturated carbocycles. The molecule has 0 aliphatic carbocycles. The summed E-state index contributed by atoms with van der Waals surface area (Å²) in [6.45, 7) is 8.08. The number of hydrogen-bond donors (Lipinski definition) is 1. The van der Waals surface area contributed by atoms with Gasteiger partial charge < -0.3 is 14.6 Å². The molecule has 1 atom stereocenters. The first kappa shape index (κ1) is 32.4. The highest BCUT2D eigenvalue weighted by Gasteiger charge is 2.25. The summed E-state index contributed by atoms with van der Waals surface area (Å²) in [5.74, 6) is 0.840. The highest BCUT2D eigenvalue weighted by molar-refractivity contribution is 5.75. The van der Waals surface area contributed by atoms with Gasteiger partial charge in [0.25, 0.3) is 5.56 Å². The van der Waals surface area contributed by atoms with Crippen LogP contribution in [0, 0.1) is 6.92 Å². The van der Waals surface area contributed by atoms with Crippen molar-refractivity contribution in [2.75, 3.05) is 7.11 Å². The summed E-state index contributed by atoms with van der Waals surface area (Å²) in [6.07, 6.45) is 8.00. The van der Waals surface area contributed by atoms with Crippen molar-refractivity contribution >= 4 is 5.97 Å². The topological polar surface area (TPSA) is 116 Å². The number of aliphatic carboxylic acids is 1. The molecule has 0 amide bonds. The third-order valence-corrected chi connectivity index (χ3v) is 7.53. The van der Waals surface area contributed by atoms with Crippen LogP contribution in [0.1, 0.15) is 91.9 Å². The average Bonchev–Trinajstić information content (AvgIpc) is 3.02. The standard InChI is InChI=1S/C35H42N4O5/c1-6-9-17-30-29(33(40)39(23(4)38-30)35-36-21-28(43-5)22-37-35)20-24-18-26(13-7-2)31(27(19-24)14-8-3)44-32(34(41)42)25-15-11-10-12-16-25/h10-12,15-16,18-19,21-22,32H,6-9,13-14,17,20H2,1-5H3,(H,41,42). The predicted octanol–water partition coefficient (Wildman–Crippen LogP) is 6.38. The van der Waals surface area contributed by atoms with Crippen molar-refractivity contribution in [3.05, 3.63) is 105 Å². The van der Waals surface area contributed by atoms with Crippen LogP contribution in [0.3, 0.4) is 0 Å².